The van der Waals surface area contributed by atoms with Gasteiger partial charge in [0.1, 0.15) is 0 Å². The molecule has 3 heterocycles. The minimum atomic E-state index is -5.08. The molecular formula is C21H25F6N3O5. The largest absolute Gasteiger partial charge is 0.490 e. The number of carbonyl (C=O) groups excluding carboxylic acids is 1. The van der Waals surface area contributed by atoms with Crippen LogP contribution in [0.1, 0.15) is 24.8 Å². The van der Waals surface area contributed by atoms with Crippen molar-refractivity contribution in [3.8, 4) is 0 Å². The first kappa shape index (κ1) is 28.3. The molecule has 1 saturated carbocycles. The molecule has 4 rings (SSSR count). The number of aliphatic carboxylic acids is 2. The number of rotatable bonds is 3. The first-order chi connectivity index (χ1) is 16.2. The zero-order valence-electron chi connectivity index (χ0n) is 18.4. The number of halogens is 6. The highest BCUT2D eigenvalue weighted by atomic mass is 19.4. The molecule has 0 radical (unpaired) electrons. The molecule has 14 heteroatoms. The third-order valence-corrected chi connectivity index (χ3v) is 5.94. The van der Waals surface area contributed by atoms with Crippen LogP contribution in [0.5, 0.6) is 0 Å². The molecule has 2 atom stereocenters. The maximum absolute atomic E-state index is 12.3. The van der Waals surface area contributed by atoms with Crippen molar-refractivity contribution in [3.63, 3.8) is 0 Å². The molecule has 35 heavy (non-hydrogen) atoms. The summed E-state index contributed by atoms with van der Waals surface area (Å²) in [5.41, 5.74) is 1.29. The molecule has 0 spiro atoms. The predicted octanol–water partition coefficient (Wildman–Crippen LogP) is 3.04. The maximum atomic E-state index is 12.3. The second-order valence-corrected chi connectivity index (χ2v) is 8.55. The van der Waals surface area contributed by atoms with Gasteiger partial charge in [0.15, 0.2) is 0 Å². The zero-order valence-corrected chi connectivity index (χ0v) is 18.4. The number of hydrogen-bond acceptors (Lipinski definition) is 5. The van der Waals surface area contributed by atoms with Gasteiger partial charge < -0.3 is 15.1 Å². The quantitative estimate of drug-likeness (QED) is 0.598. The van der Waals surface area contributed by atoms with E-state index < -0.39 is 24.3 Å². The van der Waals surface area contributed by atoms with Gasteiger partial charge >= 0.3 is 24.3 Å². The Morgan fingerprint density at radius 3 is 1.74 bits per heavy atom. The summed E-state index contributed by atoms with van der Waals surface area (Å²) in [6, 6.07) is 4.15. The highest BCUT2D eigenvalue weighted by Gasteiger charge is 2.43. The number of carboxylic acid groups (broad SMARTS) is 2. The Kier molecular flexibility index (Phi) is 9.46. The third kappa shape index (κ3) is 8.67. The average Bonchev–Trinajstić information content (AvgIpc) is 3.25. The summed E-state index contributed by atoms with van der Waals surface area (Å²) < 4.78 is 63.5. The van der Waals surface area contributed by atoms with Crippen LogP contribution in [-0.2, 0) is 20.9 Å². The van der Waals surface area contributed by atoms with Gasteiger partial charge in [0.25, 0.3) is 0 Å². The van der Waals surface area contributed by atoms with E-state index in [0.29, 0.717) is 23.7 Å². The number of fused-ring (bicyclic) bond motifs is 1. The summed E-state index contributed by atoms with van der Waals surface area (Å²) in [6.45, 7) is 5.24. The Balaban J connectivity index is 0.000000257. The van der Waals surface area contributed by atoms with Crippen LogP contribution in [0.3, 0.4) is 0 Å². The molecule has 1 aliphatic carbocycles. The molecule has 8 nitrogen and oxygen atoms in total. The first-order valence-corrected chi connectivity index (χ1v) is 10.7. The van der Waals surface area contributed by atoms with Crippen LogP contribution in [0.4, 0.5) is 26.3 Å². The molecule has 196 valence electrons. The van der Waals surface area contributed by atoms with Gasteiger partial charge in [-0.2, -0.15) is 26.3 Å². The molecular weight excluding hydrogens is 488 g/mol. The molecule has 1 amide bonds. The molecule has 2 N–H and O–H groups in total. The predicted molar refractivity (Wildman–Crippen MR) is 108 cm³/mol. The fourth-order valence-corrected chi connectivity index (χ4v) is 4.06. The Hall–Kier alpha value is -2.90. The SMILES string of the molecule is O=C(C1CCC1)N1C[C@H]2CN(Cc3cccnc3)C[C@H]2C1.O=C(O)C(F)(F)F.O=C(O)C(F)(F)F. The van der Waals surface area contributed by atoms with E-state index in [2.05, 4.69) is 20.9 Å². The van der Waals surface area contributed by atoms with E-state index in [-0.39, 0.29) is 0 Å². The Morgan fingerprint density at radius 2 is 1.40 bits per heavy atom. The average molecular weight is 513 g/mol. The lowest BCUT2D eigenvalue weighted by atomic mass is 9.84. The number of nitrogens with zero attached hydrogens (tertiary/aromatic N) is 3. The molecule has 0 bridgehead atoms. The number of carbonyl (C=O) groups is 3. The van der Waals surface area contributed by atoms with Gasteiger partial charge in [0.2, 0.25) is 5.91 Å². The van der Waals surface area contributed by atoms with Crippen LogP contribution in [0.2, 0.25) is 0 Å². The van der Waals surface area contributed by atoms with Crippen LogP contribution in [-0.4, -0.2) is 81.4 Å². The molecule has 2 aliphatic heterocycles. The maximum Gasteiger partial charge on any atom is 0.490 e. The van der Waals surface area contributed by atoms with E-state index in [4.69, 9.17) is 19.8 Å². The molecule has 0 aromatic carbocycles. The van der Waals surface area contributed by atoms with Crippen molar-refractivity contribution < 1.29 is 50.9 Å². The van der Waals surface area contributed by atoms with Crippen LogP contribution < -0.4 is 0 Å². The highest BCUT2D eigenvalue weighted by Crippen LogP contribution is 2.35. The Morgan fingerprint density at radius 1 is 0.914 bits per heavy atom. The zero-order chi connectivity index (χ0) is 26.4. The molecule has 3 fully saturated rings. The summed E-state index contributed by atoms with van der Waals surface area (Å²) in [7, 11) is 0. The Labute approximate surface area is 196 Å². The van der Waals surface area contributed by atoms with Crippen molar-refractivity contribution in [2.75, 3.05) is 26.2 Å². The molecule has 1 aromatic rings. The highest BCUT2D eigenvalue weighted by molar-refractivity contribution is 5.80. The van der Waals surface area contributed by atoms with E-state index in [0.717, 1.165) is 45.6 Å². The van der Waals surface area contributed by atoms with Crippen LogP contribution in [0, 0.1) is 17.8 Å². The second kappa shape index (κ2) is 11.7. The summed E-state index contributed by atoms with van der Waals surface area (Å²) >= 11 is 0. The summed E-state index contributed by atoms with van der Waals surface area (Å²) in [6.07, 6.45) is -2.89. The van der Waals surface area contributed by atoms with E-state index >= 15 is 0 Å². The number of carboxylic acids is 2. The summed E-state index contributed by atoms with van der Waals surface area (Å²) in [4.78, 5) is 39.0. The monoisotopic (exact) mass is 513 g/mol. The van der Waals surface area contributed by atoms with E-state index in [9.17, 15) is 31.1 Å². The first-order valence-electron chi connectivity index (χ1n) is 10.7. The lowest BCUT2D eigenvalue weighted by Gasteiger charge is -2.30. The topological polar surface area (TPSA) is 111 Å². The second-order valence-electron chi connectivity index (χ2n) is 8.55. The van der Waals surface area contributed by atoms with Gasteiger partial charge in [0.05, 0.1) is 0 Å². The number of amides is 1. The third-order valence-electron chi connectivity index (χ3n) is 5.94. The van der Waals surface area contributed by atoms with Crippen molar-refractivity contribution in [2.24, 2.45) is 17.8 Å². The summed E-state index contributed by atoms with van der Waals surface area (Å²) in [5, 5.41) is 14.2. The standard InChI is InChI=1S/C17H23N3O.2C2HF3O2/c21-17(14-4-1-5-14)20-11-15-9-19(10-16(15)12-20)8-13-3-2-6-18-7-13;2*3-2(4,5)1(6)7/h2-3,6-7,14-16H,1,4-5,8-12H2;2*(H,6,7)/t15-,16+;;. The lowest BCUT2D eigenvalue weighted by molar-refractivity contribution is -0.193. The molecule has 1 aromatic heterocycles. The van der Waals surface area contributed by atoms with Crippen LogP contribution >= 0.6 is 0 Å². The minimum absolute atomic E-state index is 0.357. The number of likely N-dealkylation sites (tertiary alicyclic amines) is 2. The van der Waals surface area contributed by atoms with Crippen molar-refractivity contribution >= 4 is 17.8 Å². The van der Waals surface area contributed by atoms with Gasteiger partial charge in [-0.05, 0) is 36.3 Å². The van der Waals surface area contributed by atoms with Crippen molar-refractivity contribution in [1.82, 2.24) is 14.8 Å². The fourth-order valence-electron chi connectivity index (χ4n) is 4.06. The van der Waals surface area contributed by atoms with Crippen LogP contribution in [0.25, 0.3) is 0 Å². The molecule has 3 aliphatic rings. The van der Waals surface area contributed by atoms with E-state index in [1.165, 1.54) is 12.0 Å². The van der Waals surface area contributed by atoms with E-state index in [1.807, 2.05) is 18.5 Å². The lowest BCUT2D eigenvalue weighted by Crippen LogP contribution is -2.39. The number of alkyl halides is 6. The normalized spacial score (nSPS) is 22.2. The Bertz CT molecular complexity index is 838. The number of aromatic nitrogens is 1. The van der Waals surface area contributed by atoms with Gasteiger partial charge in [-0.3, -0.25) is 14.7 Å². The number of pyridine rings is 1. The van der Waals surface area contributed by atoms with Gasteiger partial charge in [-0.1, -0.05) is 12.5 Å². The van der Waals surface area contributed by atoms with Gasteiger partial charge in [-0.15, -0.1) is 0 Å². The van der Waals surface area contributed by atoms with Gasteiger partial charge in [-0.25, -0.2) is 9.59 Å². The molecule has 0 unspecified atom stereocenters. The van der Waals surface area contributed by atoms with Gasteiger partial charge in [0, 0.05) is 51.0 Å². The van der Waals surface area contributed by atoms with Crippen molar-refractivity contribution in [3.05, 3.63) is 30.1 Å². The molecule has 2 saturated heterocycles. The number of hydrogen-bond donors (Lipinski definition) is 2. The van der Waals surface area contributed by atoms with Crippen LogP contribution in [0.15, 0.2) is 24.5 Å². The van der Waals surface area contributed by atoms with Crippen molar-refractivity contribution in [2.45, 2.75) is 38.2 Å². The van der Waals surface area contributed by atoms with Crippen molar-refractivity contribution in [1.29, 1.82) is 0 Å². The van der Waals surface area contributed by atoms with E-state index in [1.54, 1.807) is 0 Å². The fraction of sp³-hybridized carbons (Fsp3) is 0.619. The smallest absolute Gasteiger partial charge is 0.475 e. The summed E-state index contributed by atoms with van der Waals surface area (Å²) in [5.74, 6) is -3.35. The minimum Gasteiger partial charge on any atom is -0.475 e.